The number of piperidine rings is 1. The lowest BCUT2D eigenvalue weighted by Gasteiger charge is -2.31. The molecule has 2 aliphatic rings. The van der Waals surface area contributed by atoms with Gasteiger partial charge in [-0.1, -0.05) is 0 Å². The smallest absolute Gasteiger partial charge is 0.245 e. The number of fused-ring (bicyclic) bond motifs is 1. The van der Waals surface area contributed by atoms with Gasteiger partial charge in [0.1, 0.15) is 0 Å². The molecule has 0 atom stereocenters. The molecule has 9 nitrogen and oxygen atoms in total. The number of aromatic nitrogens is 4. The summed E-state index contributed by atoms with van der Waals surface area (Å²) in [6.07, 6.45) is 5.41. The number of hydrogen-bond acceptors (Lipinski definition) is 8. The maximum atomic E-state index is 11.1. The van der Waals surface area contributed by atoms with E-state index in [9.17, 15) is 4.79 Å². The number of nitrogens with zero attached hydrogens (tertiary/aromatic N) is 7. The standard InChI is InChI=1S/C15H21N7O2/c23-11-20-5-4-8-22(10-9-20)15-14(21-6-2-1-3-7-21)16-12-13(17-15)19-24-18-12/h11H,1-10H2. The molecule has 0 aliphatic carbocycles. The number of carbonyl (C=O) groups excluding carboxylic acids is 1. The van der Waals surface area contributed by atoms with Gasteiger partial charge in [-0.3, -0.25) is 4.79 Å². The molecule has 2 saturated heterocycles. The number of carbonyl (C=O) groups is 1. The van der Waals surface area contributed by atoms with Crippen LogP contribution in [-0.4, -0.2) is 70.9 Å². The summed E-state index contributed by atoms with van der Waals surface area (Å²) >= 11 is 0. The second-order valence-corrected chi connectivity index (χ2v) is 6.31. The van der Waals surface area contributed by atoms with E-state index in [4.69, 9.17) is 4.63 Å². The molecule has 9 heteroatoms. The van der Waals surface area contributed by atoms with Crippen molar-refractivity contribution >= 4 is 29.3 Å². The number of amides is 1. The van der Waals surface area contributed by atoms with Gasteiger partial charge in [0.2, 0.25) is 17.7 Å². The van der Waals surface area contributed by atoms with Crippen LogP contribution in [0.3, 0.4) is 0 Å². The van der Waals surface area contributed by atoms with Gasteiger partial charge in [-0.2, -0.15) is 0 Å². The predicted octanol–water partition coefficient (Wildman–Crippen LogP) is 0.672. The summed E-state index contributed by atoms with van der Waals surface area (Å²) in [6, 6.07) is 0. The molecule has 4 heterocycles. The maximum absolute atomic E-state index is 11.1. The third kappa shape index (κ3) is 2.85. The minimum Gasteiger partial charge on any atom is -0.353 e. The average Bonchev–Trinajstić information content (AvgIpc) is 2.96. The van der Waals surface area contributed by atoms with E-state index in [1.54, 1.807) is 0 Å². The van der Waals surface area contributed by atoms with E-state index < -0.39 is 0 Å². The summed E-state index contributed by atoms with van der Waals surface area (Å²) in [7, 11) is 0. The van der Waals surface area contributed by atoms with Crippen LogP contribution in [0, 0.1) is 0 Å². The normalized spacial score (nSPS) is 19.6. The zero-order chi connectivity index (χ0) is 16.4. The summed E-state index contributed by atoms with van der Waals surface area (Å²) in [6.45, 7) is 5.02. The van der Waals surface area contributed by atoms with E-state index in [-0.39, 0.29) is 0 Å². The minimum atomic E-state index is 0.433. The van der Waals surface area contributed by atoms with E-state index in [2.05, 4.69) is 30.1 Å². The van der Waals surface area contributed by atoms with Crippen molar-refractivity contribution in [3.63, 3.8) is 0 Å². The maximum Gasteiger partial charge on any atom is 0.245 e. The Bertz CT molecular complexity index is 713. The topological polar surface area (TPSA) is 91.5 Å². The molecule has 4 rings (SSSR count). The van der Waals surface area contributed by atoms with Crippen molar-refractivity contribution < 1.29 is 9.42 Å². The molecule has 24 heavy (non-hydrogen) atoms. The van der Waals surface area contributed by atoms with Crippen molar-refractivity contribution in [2.75, 3.05) is 49.1 Å². The molecule has 128 valence electrons. The largest absolute Gasteiger partial charge is 0.353 e. The van der Waals surface area contributed by atoms with Gasteiger partial charge < -0.3 is 14.7 Å². The monoisotopic (exact) mass is 331 g/mol. The van der Waals surface area contributed by atoms with E-state index >= 15 is 0 Å². The fourth-order valence-electron chi connectivity index (χ4n) is 3.41. The zero-order valence-electron chi connectivity index (χ0n) is 13.6. The number of rotatable bonds is 3. The van der Waals surface area contributed by atoms with Crippen LogP contribution in [0.1, 0.15) is 25.7 Å². The molecule has 0 unspecified atom stereocenters. The summed E-state index contributed by atoms with van der Waals surface area (Å²) in [4.78, 5) is 26.7. The third-order valence-corrected chi connectivity index (χ3v) is 4.71. The lowest BCUT2D eigenvalue weighted by atomic mass is 10.1. The zero-order valence-corrected chi connectivity index (χ0v) is 13.6. The first kappa shape index (κ1) is 15.1. The highest BCUT2D eigenvalue weighted by Crippen LogP contribution is 2.30. The summed E-state index contributed by atoms with van der Waals surface area (Å²) in [5, 5.41) is 7.69. The number of hydrogen-bond donors (Lipinski definition) is 0. The lowest BCUT2D eigenvalue weighted by molar-refractivity contribution is -0.117. The molecule has 0 radical (unpaired) electrons. The average molecular weight is 331 g/mol. The van der Waals surface area contributed by atoms with Crippen molar-refractivity contribution in [1.82, 2.24) is 25.2 Å². The quantitative estimate of drug-likeness (QED) is 0.758. The molecule has 2 aromatic heterocycles. The Hall–Kier alpha value is -2.45. The van der Waals surface area contributed by atoms with Crippen LogP contribution in [0.2, 0.25) is 0 Å². The Labute approximate surface area is 139 Å². The molecule has 0 aromatic carbocycles. The van der Waals surface area contributed by atoms with Gasteiger partial charge >= 0.3 is 0 Å². The summed E-state index contributed by atoms with van der Waals surface area (Å²) in [5.41, 5.74) is 0.880. The molecule has 0 spiro atoms. The van der Waals surface area contributed by atoms with Gasteiger partial charge in [-0.05, 0) is 36.0 Å². The molecule has 2 aliphatic heterocycles. The molecular formula is C15H21N7O2. The van der Waals surface area contributed by atoms with Crippen LogP contribution in [0.5, 0.6) is 0 Å². The molecule has 0 saturated carbocycles. The minimum absolute atomic E-state index is 0.433. The van der Waals surface area contributed by atoms with Crippen LogP contribution >= 0.6 is 0 Å². The summed E-state index contributed by atoms with van der Waals surface area (Å²) in [5.74, 6) is 1.69. The first-order valence-electron chi connectivity index (χ1n) is 8.55. The van der Waals surface area contributed by atoms with E-state index in [1.165, 1.54) is 6.42 Å². The molecule has 1 amide bonds. The Balaban J connectivity index is 1.70. The van der Waals surface area contributed by atoms with Crippen LogP contribution < -0.4 is 9.80 Å². The van der Waals surface area contributed by atoms with Gasteiger partial charge in [0.05, 0.1) is 0 Å². The lowest BCUT2D eigenvalue weighted by Crippen LogP contribution is -2.35. The van der Waals surface area contributed by atoms with Crippen LogP contribution in [0.25, 0.3) is 11.3 Å². The SMILES string of the molecule is O=CN1CCCN(c2nc3nonc3nc2N2CCCCC2)CC1. The van der Waals surface area contributed by atoms with Crippen molar-refractivity contribution in [2.24, 2.45) is 0 Å². The molecule has 2 aromatic rings. The highest BCUT2D eigenvalue weighted by Gasteiger charge is 2.25. The first-order chi connectivity index (χ1) is 11.8. The van der Waals surface area contributed by atoms with Crippen LogP contribution in [-0.2, 0) is 4.79 Å². The van der Waals surface area contributed by atoms with E-state index in [0.717, 1.165) is 70.0 Å². The first-order valence-corrected chi connectivity index (χ1v) is 8.55. The molecule has 0 N–H and O–H groups in total. The Morgan fingerprint density at radius 3 is 2.04 bits per heavy atom. The van der Waals surface area contributed by atoms with E-state index in [1.807, 2.05) is 4.90 Å². The predicted molar refractivity (Wildman–Crippen MR) is 87.9 cm³/mol. The second kappa shape index (κ2) is 6.58. The molecule has 0 bridgehead atoms. The van der Waals surface area contributed by atoms with Gasteiger partial charge in [0.25, 0.3) is 0 Å². The van der Waals surface area contributed by atoms with Gasteiger partial charge in [0.15, 0.2) is 11.6 Å². The highest BCUT2D eigenvalue weighted by molar-refractivity contribution is 5.74. The van der Waals surface area contributed by atoms with Gasteiger partial charge in [-0.15, -0.1) is 0 Å². The fourth-order valence-corrected chi connectivity index (χ4v) is 3.41. The van der Waals surface area contributed by atoms with E-state index in [0.29, 0.717) is 17.8 Å². The highest BCUT2D eigenvalue weighted by atomic mass is 16.6. The van der Waals surface area contributed by atoms with Crippen LogP contribution in [0.4, 0.5) is 11.6 Å². The Morgan fingerprint density at radius 1 is 0.750 bits per heavy atom. The molecule has 2 fully saturated rings. The van der Waals surface area contributed by atoms with Crippen molar-refractivity contribution in [2.45, 2.75) is 25.7 Å². The van der Waals surface area contributed by atoms with Crippen molar-refractivity contribution in [3.8, 4) is 0 Å². The van der Waals surface area contributed by atoms with Crippen molar-refractivity contribution in [1.29, 1.82) is 0 Å². The summed E-state index contributed by atoms with van der Waals surface area (Å²) < 4.78 is 4.79. The third-order valence-electron chi connectivity index (χ3n) is 4.71. The fraction of sp³-hybridized carbons (Fsp3) is 0.667. The number of anilines is 2. The van der Waals surface area contributed by atoms with Crippen molar-refractivity contribution in [3.05, 3.63) is 0 Å². The Morgan fingerprint density at radius 2 is 1.38 bits per heavy atom. The Kier molecular flexibility index (Phi) is 4.14. The van der Waals surface area contributed by atoms with Gasteiger partial charge in [0, 0.05) is 39.3 Å². The second-order valence-electron chi connectivity index (χ2n) is 6.31. The van der Waals surface area contributed by atoms with Crippen LogP contribution in [0.15, 0.2) is 4.63 Å². The van der Waals surface area contributed by atoms with Gasteiger partial charge in [-0.25, -0.2) is 14.6 Å². The molecular weight excluding hydrogens is 310 g/mol.